The van der Waals surface area contributed by atoms with E-state index in [4.69, 9.17) is 0 Å². The minimum atomic E-state index is 0.261. The number of rotatable bonds is 6. The standard InChI is InChI=1S/C18H23NO/c1-4-5-6-7-18(20)16-9-8-15-13-17(19(2)3)11-10-14(15)12-16/h8-13H,4-7H2,1-3H3. The lowest BCUT2D eigenvalue weighted by atomic mass is 10.0. The molecule has 0 amide bonds. The maximum absolute atomic E-state index is 12.1. The highest BCUT2D eigenvalue weighted by atomic mass is 16.1. The normalized spacial score (nSPS) is 10.8. The fraction of sp³-hybridized carbons (Fsp3) is 0.389. The van der Waals surface area contributed by atoms with Crippen molar-refractivity contribution in [3.63, 3.8) is 0 Å². The molecule has 0 aliphatic heterocycles. The van der Waals surface area contributed by atoms with E-state index in [2.05, 4.69) is 36.1 Å². The Kier molecular flexibility index (Phi) is 4.78. The smallest absolute Gasteiger partial charge is 0.162 e. The highest BCUT2D eigenvalue weighted by Crippen LogP contribution is 2.22. The summed E-state index contributed by atoms with van der Waals surface area (Å²) in [7, 11) is 4.07. The van der Waals surface area contributed by atoms with Crippen LogP contribution in [0.15, 0.2) is 36.4 Å². The zero-order valence-corrected chi connectivity index (χ0v) is 12.6. The topological polar surface area (TPSA) is 20.3 Å². The second kappa shape index (κ2) is 6.56. The van der Waals surface area contributed by atoms with E-state index >= 15 is 0 Å². The number of Topliss-reactive ketones (excluding diaryl/α,β-unsaturated/α-hetero) is 1. The van der Waals surface area contributed by atoms with Crippen LogP contribution in [0.2, 0.25) is 0 Å². The van der Waals surface area contributed by atoms with E-state index in [1.54, 1.807) is 0 Å². The minimum Gasteiger partial charge on any atom is -0.378 e. The van der Waals surface area contributed by atoms with Gasteiger partial charge in [0, 0.05) is 31.8 Å². The molecule has 0 aliphatic carbocycles. The first-order chi connectivity index (χ1) is 9.61. The quantitative estimate of drug-likeness (QED) is 0.561. The van der Waals surface area contributed by atoms with Gasteiger partial charge in [0.1, 0.15) is 0 Å². The van der Waals surface area contributed by atoms with Gasteiger partial charge in [-0.15, -0.1) is 0 Å². The van der Waals surface area contributed by atoms with Crippen molar-refractivity contribution in [2.75, 3.05) is 19.0 Å². The molecule has 0 bridgehead atoms. The van der Waals surface area contributed by atoms with Gasteiger partial charge in [-0.2, -0.15) is 0 Å². The molecular weight excluding hydrogens is 246 g/mol. The summed E-state index contributed by atoms with van der Waals surface area (Å²) >= 11 is 0. The second-order valence-electron chi connectivity index (χ2n) is 5.52. The van der Waals surface area contributed by atoms with Crippen LogP contribution in [0.3, 0.4) is 0 Å². The summed E-state index contributed by atoms with van der Waals surface area (Å²) in [6.07, 6.45) is 3.94. The average molecular weight is 269 g/mol. The largest absolute Gasteiger partial charge is 0.378 e. The van der Waals surface area contributed by atoms with Crippen molar-refractivity contribution in [3.05, 3.63) is 42.0 Å². The molecule has 0 fully saturated rings. The summed E-state index contributed by atoms with van der Waals surface area (Å²) in [6.45, 7) is 2.16. The third kappa shape index (κ3) is 3.38. The molecule has 0 aromatic heterocycles. The summed E-state index contributed by atoms with van der Waals surface area (Å²) in [4.78, 5) is 14.2. The third-order valence-electron chi connectivity index (χ3n) is 3.67. The lowest BCUT2D eigenvalue weighted by molar-refractivity contribution is 0.0979. The molecule has 0 spiro atoms. The molecule has 0 N–H and O–H groups in total. The Bertz CT molecular complexity index is 601. The number of hydrogen-bond donors (Lipinski definition) is 0. The van der Waals surface area contributed by atoms with Crippen molar-refractivity contribution >= 4 is 22.2 Å². The number of carbonyl (C=O) groups excluding carboxylic acids is 1. The number of unbranched alkanes of at least 4 members (excludes halogenated alkanes) is 2. The molecule has 2 heteroatoms. The van der Waals surface area contributed by atoms with Gasteiger partial charge in [-0.1, -0.05) is 38.0 Å². The van der Waals surface area contributed by atoms with Crippen molar-refractivity contribution in [1.29, 1.82) is 0 Å². The van der Waals surface area contributed by atoms with Crippen molar-refractivity contribution in [2.24, 2.45) is 0 Å². The van der Waals surface area contributed by atoms with Gasteiger partial charge in [-0.3, -0.25) is 4.79 Å². The number of carbonyl (C=O) groups is 1. The second-order valence-corrected chi connectivity index (χ2v) is 5.52. The fourth-order valence-electron chi connectivity index (χ4n) is 2.36. The Balaban J connectivity index is 2.21. The summed E-state index contributed by atoms with van der Waals surface area (Å²) in [5.74, 6) is 0.261. The molecule has 0 radical (unpaired) electrons. The van der Waals surface area contributed by atoms with Crippen molar-refractivity contribution in [2.45, 2.75) is 32.6 Å². The maximum Gasteiger partial charge on any atom is 0.162 e. The van der Waals surface area contributed by atoms with Crippen LogP contribution in [-0.2, 0) is 0 Å². The molecule has 2 aromatic rings. The van der Waals surface area contributed by atoms with Crippen molar-refractivity contribution in [1.82, 2.24) is 0 Å². The molecule has 20 heavy (non-hydrogen) atoms. The van der Waals surface area contributed by atoms with Gasteiger partial charge < -0.3 is 4.90 Å². The van der Waals surface area contributed by atoms with E-state index in [9.17, 15) is 4.79 Å². The van der Waals surface area contributed by atoms with Gasteiger partial charge in [0.15, 0.2) is 5.78 Å². The molecule has 0 heterocycles. The Morgan fingerprint density at radius 1 is 1.00 bits per heavy atom. The van der Waals surface area contributed by atoms with Crippen LogP contribution in [0.5, 0.6) is 0 Å². The Labute approximate surface area is 121 Å². The Morgan fingerprint density at radius 3 is 2.40 bits per heavy atom. The highest BCUT2D eigenvalue weighted by molar-refractivity contribution is 6.00. The number of nitrogens with zero attached hydrogens (tertiary/aromatic N) is 1. The molecule has 2 aromatic carbocycles. The number of hydrogen-bond acceptors (Lipinski definition) is 2. The number of anilines is 1. The third-order valence-corrected chi connectivity index (χ3v) is 3.67. The first kappa shape index (κ1) is 14.6. The summed E-state index contributed by atoms with van der Waals surface area (Å²) in [6, 6.07) is 12.4. The van der Waals surface area contributed by atoms with Crippen LogP contribution in [-0.4, -0.2) is 19.9 Å². The molecular formula is C18H23NO. The average Bonchev–Trinajstić information content (AvgIpc) is 2.46. The monoisotopic (exact) mass is 269 g/mol. The molecule has 0 saturated heterocycles. The van der Waals surface area contributed by atoms with Gasteiger partial charge in [0.2, 0.25) is 0 Å². The van der Waals surface area contributed by atoms with Gasteiger partial charge >= 0.3 is 0 Å². The zero-order chi connectivity index (χ0) is 14.5. The highest BCUT2D eigenvalue weighted by Gasteiger charge is 2.07. The van der Waals surface area contributed by atoms with E-state index in [1.807, 2.05) is 26.2 Å². The van der Waals surface area contributed by atoms with Crippen LogP contribution in [0, 0.1) is 0 Å². The van der Waals surface area contributed by atoms with Crippen LogP contribution in [0.4, 0.5) is 5.69 Å². The number of ketones is 1. The molecule has 0 atom stereocenters. The molecule has 2 nitrogen and oxygen atoms in total. The van der Waals surface area contributed by atoms with Gasteiger partial charge in [0.25, 0.3) is 0 Å². The summed E-state index contributed by atoms with van der Waals surface area (Å²) in [5.41, 5.74) is 2.02. The fourth-order valence-corrected chi connectivity index (χ4v) is 2.36. The number of benzene rings is 2. The Hall–Kier alpha value is -1.83. The summed E-state index contributed by atoms with van der Waals surface area (Å²) < 4.78 is 0. The summed E-state index contributed by atoms with van der Waals surface area (Å²) in [5, 5.41) is 2.32. The van der Waals surface area contributed by atoms with Crippen LogP contribution in [0.1, 0.15) is 43.0 Å². The van der Waals surface area contributed by atoms with Crippen LogP contribution in [0.25, 0.3) is 10.8 Å². The Morgan fingerprint density at radius 2 is 1.70 bits per heavy atom. The lowest BCUT2D eigenvalue weighted by Crippen LogP contribution is -2.08. The van der Waals surface area contributed by atoms with E-state index in [1.165, 1.54) is 11.1 Å². The minimum absolute atomic E-state index is 0.261. The van der Waals surface area contributed by atoms with Gasteiger partial charge in [-0.25, -0.2) is 0 Å². The van der Waals surface area contributed by atoms with Crippen molar-refractivity contribution in [3.8, 4) is 0 Å². The van der Waals surface area contributed by atoms with Crippen LogP contribution >= 0.6 is 0 Å². The maximum atomic E-state index is 12.1. The predicted octanol–water partition coefficient (Wildman–Crippen LogP) is 4.67. The van der Waals surface area contributed by atoms with E-state index < -0.39 is 0 Å². The molecule has 0 aliphatic rings. The lowest BCUT2D eigenvalue weighted by Gasteiger charge is -2.13. The van der Waals surface area contributed by atoms with E-state index in [-0.39, 0.29) is 5.78 Å². The predicted molar refractivity (Wildman–Crippen MR) is 86.7 cm³/mol. The van der Waals surface area contributed by atoms with Gasteiger partial charge in [-0.05, 0) is 35.4 Å². The molecule has 0 unspecified atom stereocenters. The van der Waals surface area contributed by atoms with Crippen molar-refractivity contribution < 1.29 is 4.79 Å². The molecule has 2 rings (SSSR count). The first-order valence-electron chi connectivity index (χ1n) is 7.36. The molecule has 0 saturated carbocycles. The SMILES string of the molecule is CCCCCC(=O)c1ccc2cc(N(C)C)ccc2c1. The van der Waals surface area contributed by atoms with E-state index in [0.29, 0.717) is 6.42 Å². The van der Waals surface area contributed by atoms with E-state index in [0.717, 1.165) is 30.2 Å². The zero-order valence-electron chi connectivity index (χ0n) is 12.6. The molecule has 106 valence electrons. The van der Waals surface area contributed by atoms with Crippen LogP contribution < -0.4 is 4.90 Å². The van der Waals surface area contributed by atoms with Gasteiger partial charge in [0.05, 0.1) is 0 Å². The number of fused-ring (bicyclic) bond motifs is 1. The first-order valence-corrected chi connectivity index (χ1v) is 7.36.